The fourth-order valence-corrected chi connectivity index (χ4v) is 2.42. The molecule has 4 heteroatoms. The highest BCUT2D eigenvalue weighted by Crippen LogP contribution is 2.01. The summed E-state index contributed by atoms with van der Waals surface area (Å²) >= 11 is 0. The van der Waals surface area contributed by atoms with Crippen LogP contribution in [-0.4, -0.2) is 53.3 Å². The molecule has 1 aliphatic rings. The number of rotatable bonds is 4. The molecule has 0 aliphatic carbocycles. The van der Waals surface area contributed by atoms with E-state index in [0.29, 0.717) is 6.04 Å². The third kappa shape index (κ3) is 5.08. The van der Waals surface area contributed by atoms with Gasteiger partial charge in [-0.15, -0.1) is 0 Å². The van der Waals surface area contributed by atoms with E-state index >= 15 is 0 Å². The van der Waals surface area contributed by atoms with Gasteiger partial charge in [-0.3, -0.25) is 4.21 Å². The maximum Gasteiger partial charge on any atom is 0.0244 e. The van der Waals surface area contributed by atoms with Gasteiger partial charge in [-0.05, 0) is 39.4 Å². The van der Waals surface area contributed by atoms with Crippen LogP contribution in [0.3, 0.4) is 0 Å². The smallest absolute Gasteiger partial charge is 0.0244 e. The zero-order valence-electron chi connectivity index (χ0n) is 9.29. The quantitative estimate of drug-likeness (QED) is 0.743. The largest absolute Gasteiger partial charge is 0.313 e. The third-order valence-electron chi connectivity index (χ3n) is 2.58. The van der Waals surface area contributed by atoms with Crippen LogP contribution in [0.15, 0.2) is 0 Å². The highest BCUT2D eigenvalue weighted by Gasteiger charge is 2.13. The first-order chi connectivity index (χ1) is 6.68. The topological polar surface area (TPSA) is 32.3 Å². The number of hydrogen-bond donors (Lipinski definition) is 1. The Hall–Kier alpha value is 0.0700. The van der Waals surface area contributed by atoms with Crippen molar-refractivity contribution in [1.82, 2.24) is 10.2 Å². The molecule has 2 unspecified atom stereocenters. The summed E-state index contributed by atoms with van der Waals surface area (Å²) in [5.74, 6) is 0.846. The molecule has 0 saturated carbocycles. The van der Waals surface area contributed by atoms with Crippen LogP contribution in [0.4, 0.5) is 0 Å². The average molecular weight is 218 g/mol. The minimum absolute atomic E-state index is 0.602. The highest BCUT2D eigenvalue weighted by atomic mass is 32.2. The normalized spacial score (nSPS) is 27.1. The van der Waals surface area contributed by atoms with E-state index < -0.39 is 10.8 Å². The van der Waals surface area contributed by atoms with Crippen LogP contribution in [0.5, 0.6) is 0 Å². The third-order valence-corrected chi connectivity index (χ3v) is 3.45. The standard InChI is InChI=1S/C10H22N2OS/c1-10-9-12(6-3-5-11-10)7-4-8-14(2)13/h10-11H,3-9H2,1-2H3. The van der Waals surface area contributed by atoms with Crippen molar-refractivity contribution in [3.05, 3.63) is 0 Å². The molecule has 3 nitrogen and oxygen atoms in total. The van der Waals surface area contributed by atoms with Crippen LogP contribution >= 0.6 is 0 Å². The molecule has 0 amide bonds. The SMILES string of the molecule is CC1CN(CCCS(C)=O)CCCN1. The van der Waals surface area contributed by atoms with Gasteiger partial charge in [-0.1, -0.05) is 0 Å². The van der Waals surface area contributed by atoms with Crippen molar-refractivity contribution < 1.29 is 4.21 Å². The van der Waals surface area contributed by atoms with Crippen molar-refractivity contribution in [2.24, 2.45) is 0 Å². The van der Waals surface area contributed by atoms with Gasteiger partial charge in [0.15, 0.2) is 0 Å². The van der Waals surface area contributed by atoms with Crippen molar-refractivity contribution in [1.29, 1.82) is 0 Å². The Bertz CT molecular complexity index is 187. The van der Waals surface area contributed by atoms with Crippen molar-refractivity contribution in [3.8, 4) is 0 Å². The molecule has 0 bridgehead atoms. The Balaban J connectivity index is 2.18. The Labute approximate surface area is 89.7 Å². The van der Waals surface area contributed by atoms with Gasteiger partial charge >= 0.3 is 0 Å². The van der Waals surface area contributed by atoms with E-state index in [2.05, 4.69) is 17.1 Å². The summed E-state index contributed by atoms with van der Waals surface area (Å²) in [7, 11) is -0.625. The van der Waals surface area contributed by atoms with Crippen LogP contribution in [0, 0.1) is 0 Å². The van der Waals surface area contributed by atoms with Crippen LogP contribution in [-0.2, 0) is 10.8 Å². The molecule has 0 radical (unpaired) electrons. The van der Waals surface area contributed by atoms with E-state index in [1.807, 2.05) is 0 Å². The monoisotopic (exact) mass is 218 g/mol. The summed E-state index contributed by atoms with van der Waals surface area (Å²) in [5, 5.41) is 3.47. The number of hydrogen-bond acceptors (Lipinski definition) is 3. The first-order valence-corrected chi connectivity index (χ1v) is 7.17. The molecule has 0 aromatic rings. The first-order valence-electron chi connectivity index (χ1n) is 5.44. The summed E-state index contributed by atoms with van der Waals surface area (Å²) in [6.07, 6.45) is 4.09. The Kier molecular flexibility index (Phi) is 5.67. The average Bonchev–Trinajstić information content (AvgIpc) is 2.29. The molecular weight excluding hydrogens is 196 g/mol. The van der Waals surface area contributed by atoms with E-state index in [9.17, 15) is 4.21 Å². The van der Waals surface area contributed by atoms with Crippen molar-refractivity contribution >= 4 is 10.8 Å². The lowest BCUT2D eigenvalue weighted by Crippen LogP contribution is -2.36. The van der Waals surface area contributed by atoms with Gasteiger partial charge in [0, 0.05) is 35.4 Å². The second kappa shape index (κ2) is 6.53. The summed E-state index contributed by atoms with van der Waals surface area (Å²) < 4.78 is 10.9. The first kappa shape index (κ1) is 12.1. The molecule has 2 atom stereocenters. The molecule has 1 fully saturated rings. The fourth-order valence-electron chi connectivity index (χ4n) is 1.89. The zero-order chi connectivity index (χ0) is 10.4. The van der Waals surface area contributed by atoms with Crippen LogP contribution in [0.2, 0.25) is 0 Å². The number of nitrogens with zero attached hydrogens (tertiary/aromatic N) is 1. The summed E-state index contributed by atoms with van der Waals surface area (Å²) in [5.41, 5.74) is 0. The van der Waals surface area contributed by atoms with Gasteiger partial charge in [0.2, 0.25) is 0 Å². The summed E-state index contributed by atoms with van der Waals surface area (Å²) in [6, 6.07) is 0.602. The van der Waals surface area contributed by atoms with E-state index in [1.54, 1.807) is 6.26 Å². The van der Waals surface area contributed by atoms with E-state index in [-0.39, 0.29) is 0 Å². The maximum absolute atomic E-state index is 10.9. The second-order valence-electron chi connectivity index (χ2n) is 4.14. The van der Waals surface area contributed by atoms with Crippen LogP contribution in [0.25, 0.3) is 0 Å². The Morgan fingerprint density at radius 3 is 3.07 bits per heavy atom. The molecule has 1 aliphatic heterocycles. The molecular formula is C10H22N2OS. The summed E-state index contributed by atoms with van der Waals surface area (Å²) in [4.78, 5) is 2.48. The predicted octanol–water partition coefficient (Wildman–Crippen LogP) is 0.439. The van der Waals surface area contributed by atoms with Crippen molar-refractivity contribution in [2.45, 2.75) is 25.8 Å². The van der Waals surface area contributed by atoms with Gasteiger partial charge in [0.1, 0.15) is 0 Å². The number of nitrogens with one attached hydrogen (secondary N) is 1. The molecule has 1 heterocycles. The molecule has 0 spiro atoms. The van der Waals surface area contributed by atoms with Gasteiger partial charge < -0.3 is 10.2 Å². The lowest BCUT2D eigenvalue weighted by Gasteiger charge is -2.21. The molecule has 14 heavy (non-hydrogen) atoms. The Morgan fingerprint density at radius 2 is 2.36 bits per heavy atom. The van der Waals surface area contributed by atoms with Crippen LogP contribution in [0.1, 0.15) is 19.8 Å². The highest BCUT2D eigenvalue weighted by molar-refractivity contribution is 7.84. The van der Waals surface area contributed by atoms with Crippen LogP contribution < -0.4 is 5.32 Å². The van der Waals surface area contributed by atoms with Crippen molar-refractivity contribution in [3.63, 3.8) is 0 Å². The lowest BCUT2D eigenvalue weighted by atomic mass is 10.3. The summed E-state index contributed by atoms with van der Waals surface area (Å²) in [6.45, 7) is 6.79. The van der Waals surface area contributed by atoms with Gasteiger partial charge in [-0.2, -0.15) is 0 Å². The van der Waals surface area contributed by atoms with E-state index in [4.69, 9.17) is 0 Å². The Morgan fingerprint density at radius 1 is 1.57 bits per heavy atom. The molecule has 1 N–H and O–H groups in total. The fraction of sp³-hybridized carbons (Fsp3) is 1.00. The molecule has 1 saturated heterocycles. The molecule has 1 rings (SSSR count). The van der Waals surface area contributed by atoms with Gasteiger partial charge in [0.05, 0.1) is 0 Å². The van der Waals surface area contributed by atoms with E-state index in [1.165, 1.54) is 13.0 Å². The molecule has 0 aromatic carbocycles. The molecule has 84 valence electrons. The lowest BCUT2D eigenvalue weighted by molar-refractivity contribution is 0.274. The minimum atomic E-state index is -0.625. The predicted molar refractivity (Wildman–Crippen MR) is 62.1 cm³/mol. The van der Waals surface area contributed by atoms with Gasteiger partial charge in [-0.25, -0.2) is 0 Å². The maximum atomic E-state index is 10.9. The van der Waals surface area contributed by atoms with Gasteiger partial charge in [0.25, 0.3) is 0 Å². The van der Waals surface area contributed by atoms with Crippen molar-refractivity contribution in [2.75, 3.05) is 38.2 Å². The zero-order valence-corrected chi connectivity index (χ0v) is 10.1. The second-order valence-corrected chi connectivity index (χ2v) is 5.69. The molecule has 0 aromatic heterocycles. The van der Waals surface area contributed by atoms with E-state index in [0.717, 1.165) is 31.8 Å². The minimum Gasteiger partial charge on any atom is -0.313 e.